The maximum atomic E-state index is 5.64. The second kappa shape index (κ2) is 6.66. The number of hydrogen-bond donors (Lipinski definition) is 2. The van der Waals surface area contributed by atoms with Crippen LogP contribution in [0.3, 0.4) is 0 Å². The predicted octanol–water partition coefficient (Wildman–Crippen LogP) is 1.96. The summed E-state index contributed by atoms with van der Waals surface area (Å²) in [6.45, 7) is 0. The third-order valence-corrected chi connectivity index (χ3v) is 3.75. The van der Waals surface area contributed by atoms with E-state index in [2.05, 4.69) is 15.4 Å². The van der Waals surface area contributed by atoms with Gasteiger partial charge in [-0.2, -0.15) is 0 Å². The van der Waals surface area contributed by atoms with Crippen LogP contribution in [0.2, 0.25) is 0 Å². The van der Waals surface area contributed by atoms with Gasteiger partial charge in [0.2, 0.25) is 5.88 Å². The first-order valence-electron chi connectivity index (χ1n) is 6.66. The highest BCUT2D eigenvalue weighted by Crippen LogP contribution is 2.32. The molecule has 1 atom stereocenters. The van der Waals surface area contributed by atoms with Crippen molar-refractivity contribution in [1.29, 1.82) is 0 Å². The second-order valence-electron chi connectivity index (χ2n) is 4.90. The van der Waals surface area contributed by atoms with E-state index in [0.717, 1.165) is 18.0 Å². The van der Waals surface area contributed by atoms with Crippen molar-refractivity contribution < 1.29 is 4.74 Å². The van der Waals surface area contributed by atoms with Crippen LogP contribution in [0.15, 0.2) is 12.4 Å². The molecule has 0 saturated heterocycles. The Morgan fingerprint density at radius 3 is 2.78 bits per heavy atom. The molecule has 100 valence electrons. The Kier molecular flexibility index (Phi) is 4.90. The number of hydrazine groups is 1. The van der Waals surface area contributed by atoms with Gasteiger partial charge in [-0.15, -0.1) is 0 Å². The Morgan fingerprint density at radius 2 is 2.11 bits per heavy atom. The van der Waals surface area contributed by atoms with E-state index < -0.39 is 0 Å². The molecular weight excluding hydrogens is 228 g/mol. The van der Waals surface area contributed by atoms with Crippen molar-refractivity contribution in [2.75, 3.05) is 7.11 Å². The van der Waals surface area contributed by atoms with E-state index in [4.69, 9.17) is 10.6 Å². The highest BCUT2D eigenvalue weighted by Gasteiger charge is 2.21. The topological polar surface area (TPSA) is 73.1 Å². The Bertz CT molecular complexity index is 366. The van der Waals surface area contributed by atoms with Gasteiger partial charge in [0.1, 0.15) is 5.69 Å². The molecule has 1 fully saturated rings. The molecule has 0 aliphatic heterocycles. The molecule has 1 aliphatic carbocycles. The molecule has 1 aromatic rings. The lowest BCUT2D eigenvalue weighted by molar-refractivity contribution is 0.362. The van der Waals surface area contributed by atoms with Crippen LogP contribution in [0, 0.1) is 5.92 Å². The Labute approximate surface area is 108 Å². The second-order valence-corrected chi connectivity index (χ2v) is 4.90. The fraction of sp³-hybridized carbons (Fsp3) is 0.692. The average molecular weight is 250 g/mol. The molecule has 5 heteroatoms. The molecule has 1 saturated carbocycles. The van der Waals surface area contributed by atoms with Gasteiger partial charge in [0.25, 0.3) is 0 Å². The first-order valence-corrected chi connectivity index (χ1v) is 6.66. The number of methoxy groups -OCH3 is 1. The van der Waals surface area contributed by atoms with Crippen LogP contribution in [0.5, 0.6) is 5.88 Å². The van der Waals surface area contributed by atoms with Crippen molar-refractivity contribution in [3.05, 3.63) is 18.1 Å². The van der Waals surface area contributed by atoms with Crippen molar-refractivity contribution in [3.8, 4) is 5.88 Å². The predicted molar refractivity (Wildman–Crippen MR) is 69.8 cm³/mol. The number of rotatable bonds is 6. The zero-order valence-electron chi connectivity index (χ0n) is 10.9. The lowest BCUT2D eigenvalue weighted by atomic mass is 9.97. The SMILES string of the molecule is COc1nccnc1C(CCC1CCCC1)NN. The van der Waals surface area contributed by atoms with Gasteiger partial charge < -0.3 is 4.74 Å². The number of nitrogens with two attached hydrogens (primary N) is 1. The molecule has 0 radical (unpaired) electrons. The fourth-order valence-electron chi connectivity index (χ4n) is 2.73. The van der Waals surface area contributed by atoms with Gasteiger partial charge in [0.15, 0.2) is 0 Å². The van der Waals surface area contributed by atoms with Crippen LogP contribution in [0.4, 0.5) is 0 Å². The largest absolute Gasteiger partial charge is 0.480 e. The van der Waals surface area contributed by atoms with E-state index in [1.807, 2.05) is 0 Å². The van der Waals surface area contributed by atoms with Crippen LogP contribution in [-0.2, 0) is 0 Å². The lowest BCUT2D eigenvalue weighted by Crippen LogP contribution is -2.29. The minimum atomic E-state index is 0.0225. The van der Waals surface area contributed by atoms with Gasteiger partial charge in [-0.05, 0) is 18.8 Å². The number of hydrogen-bond acceptors (Lipinski definition) is 5. The zero-order valence-corrected chi connectivity index (χ0v) is 10.9. The van der Waals surface area contributed by atoms with Crippen LogP contribution in [0.25, 0.3) is 0 Å². The third-order valence-electron chi connectivity index (χ3n) is 3.75. The molecule has 3 N–H and O–H groups in total. The van der Waals surface area contributed by atoms with Crippen molar-refractivity contribution >= 4 is 0 Å². The summed E-state index contributed by atoms with van der Waals surface area (Å²) < 4.78 is 5.23. The van der Waals surface area contributed by atoms with Gasteiger partial charge in [0.05, 0.1) is 13.2 Å². The molecule has 0 amide bonds. The number of nitrogens with zero attached hydrogens (tertiary/aromatic N) is 2. The molecular formula is C13H22N4O. The fourth-order valence-corrected chi connectivity index (χ4v) is 2.73. The van der Waals surface area contributed by atoms with Crippen molar-refractivity contribution in [2.45, 2.75) is 44.6 Å². The molecule has 2 rings (SSSR count). The summed E-state index contributed by atoms with van der Waals surface area (Å²) in [7, 11) is 1.61. The minimum Gasteiger partial charge on any atom is -0.480 e. The maximum Gasteiger partial charge on any atom is 0.237 e. The standard InChI is InChI=1S/C13H22N4O/c1-18-13-12(15-8-9-16-13)11(17-14)7-6-10-4-2-3-5-10/h8-11,17H,2-7,14H2,1H3. The molecule has 1 aliphatic rings. The molecule has 0 aromatic carbocycles. The van der Waals surface area contributed by atoms with Crippen molar-refractivity contribution in [1.82, 2.24) is 15.4 Å². The first-order chi connectivity index (χ1) is 8.85. The summed E-state index contributed by atoms with van der Waals surface area (Å²) >= 11 is 0. The van der Waals surface area contributed by atoms with Crippen molar-refractivity contribution in [3.63, 3.8) is 0 Å². The molecule has 1 heterocycles. The maximum absolute atomic E-state index is 5.64. The summed E-state index contributed by atoms with van der Waals surface area (Å²) in [5.41, 5.74) is 3.64. The number of ether oxygens (including phenoxy) is 1. The Hall–Kier alpha value is -1.20. The van der Waals surface area contributed by atoms with E-state index in [1.165, 1.54) is 32.1 Å². The molecule has 0 bridgehead atoms. The zero-order chi connectivity index (χ0) is 12.8. The molecule has 0 spiro atoms. The molecule has 5 nitrogen and oxygen atoms in total. The first kappa shape index (κ1) is 13.2. The Morgan fingerprint density at radius 1 is 1.39 bits per heavy atom. The smallest absolute Gasteiger partial charge is 0.237 e. The highest BCUT2D eigenvalue weighted by molar-refractivity contribution is 5.20. The quantitative estimate of drug-likeness (QED) is 0.596. The third kappa shape index (κ3) is 3.17. The lowest BCUT2D eigenvalue weighted by Gasteiger charge is -2.18. The summed E-state index contributed by atoms with van der Waals surface area (Å²) in [5.74, 6) is 7.05. The van der Waals surface area contributed by atoms with Gasteiger partial charge in [-0.25, -0.2) is 4.98 Å². The van der Waals surface area contributed by atoms with E-state index in [1.54, 1.807) is 19.5 Å². The number of aromatic nitrogens is 2. The van der Waals surface area contributed by atoms with Crippen LogP contribution < -0.4 is 16.0 Å². The minimum absolute atomic E-state index is 0.0225. The van der Waals surface area contributed by atoms with E-state index in [0.29, 0.717) is 5.88 Å². The summed E-state index contributed by atoms with van der Waals surface area (Å²) in [5, 5.41) is 0. The van der Waals surface area contributed by atoms with E-state index in [9.17, 15) is 0 Å². The summed E-state index contributed by atoms with van der Waals surface area (Å²) in [6, 6.07) is 0.0225. The summed E-state index contributed by atoms with van der Waals surface area (Å²) in [6.07, 6.45) is 10.9. The normalized spacial score (nSPS) is 17.9. The average Bonchev–Trinajstić information content (AvgIpc) is 2.93. The van der Waals surface area contributed by atoms with Crippen LogP contribution in [0.1, 0.15) is 50.3 Å². The van der Waals surface area contributed by atoms with Gasteiger partial charge >= 0.3 is 0 Å². The van der Waals surface area contributed by atoms with E-state index >= 15 is 0 Å². The Balaban J connectivity index is 1.98. The van der Waals surface area contributed by atoms with Crippen molar-refractivity contribution in [2.24, 2.45) is 11.8 Å². The number of nitrogens with one attached hydrogen (secondary N) is 1. The monoisotopic (exact) mass is 250 g/mol. The molecule has 18 heavy (non-hydrogen) atoms. The molecule has 1 aromatic heterocycles. The van der Waals surface area contributed by atoms with E-state index in [-0.39, 0.29) is 6.04 Å². The van der Waals surface area contributed by atoms with Gasteiger partial charge in [-0.3, -0.25) is 16.3 Å². The highest BCUT2D eigenvalue weighted by atomic mass is 16.5. The van der Waals surface area contributed by atoms with Crippen LogP contribution >= 0.6 is 0 Å². The van der Waals surface area contributed by atoms with Crippen LogP contribution in [-0.4, -0.2) is 17.1 Å². The molecule has 1 unspecified atom stereocenters. The van der Waals surface area contributed by atoms with Gasteiger partial charge in [0, 0.05) is 12.4 Å². The van der Waals surface area contributed by atoms with Gasteiger partial charge in [-0.1, -0.05) is 25.7 Å². The summed E-state index contributed by atoms with van der Waals surface area (Å²) in [4.78, 5) is 8.50.